The maximum Gasteiger partial charge on any atom is 0.306 e. The fourth-order valence-electron chi connectivity index (χ4n) is 1.17. The number of hydrogen-bond donors (Lipinski definition) is 1. The van der Waals surface area contributed by atoms with Gasteiger partial charge in [-0.15, -0.1) is 0 Å². The first-order chi connectivity index (χ1) is 7.93. The summed E-state index contributed by atoms with van der Waals surface area (Å²) >= 11 is 0. The van der Waals surface area contributed by atoms with Gasteiger partial charge in [-0.3, -0.25) is 9.52 Å². The van der Waals surface area contributed by atoms with Gasteiger partial charge in [0.25, 0.3) is 0 Å². The predicted molar refractivity (Wildman–Crippen MR) is 65.2 cm³/mol. The van der Waals surface area contributed by atoms with Gasteiger partial charge in [0.05, 0.1) is 19.3 Å². The molecular formula is C11H15NO4S. The SMILES string of the molecule is COC(=O)CCS(=O)(=O)Nc1ccc(C)cc1. The largest absolute Gasteiger partial charge is 0.469 e. The van der Waals surface area contributed by atoms with Crippen LogP contribution in [0.25, 0.3) is 0 Å². The molecule has 0 saturated carbocycles. The lowest BCUT2D eigenvalue weighted by molar-refractivity contribution is -0.140. The van der Waals surface area contributed by atoms with Gasteiger partial charge in [0.15, 0.2) is 0 Å². The summed E-state index contributed by atoms with van der Waals surface area (Å²) in [6.07, 6.45) is -0.155. The quantitative estimate of drug-likeness (QED) is 0.807. The van der Waals surface area contributed by atoms with Gasteiger partial charge in [-0.05, 0) is 19.1 Å². The molecule has 0 aromatic heterocycles. The first kappa shape index (κ1) is 13.5. The standard InChI is InChI=1S/C11H15NO4S/c1-9-3-5-10(6-4-9)12-17(14,15)8-7-11(13)16-2/h3-6,12H,7-8H2,1-2H3. The normalized spacial score (nSPS) is 10.9. The summed E-state index contributed by atoms with van der Waals surface area (Å²) in [6.45, 7) is 1.91. The zero-order valence-electron chi connectivity index (χ0n) is 9.76. The second-order valence-electron chi connectivity index (χ2n) is 3.61. The average Bonchev–Trinajstić information content (AvgIpc) is 2.29. The summed E-state index contributed by atoms with van der Waals surface area (Å²) in [5.74, 6) is -0.827. The van der Waals surface area contributed by atoms with Crippen molar-refractivity contribution in [2.24, 2.45) is 0 Å². The van der Waals surface area contributed by atoms with Gasteiger partial charge in [0.2, 0.25) is 10.0 Å². The van der Waals surface area contributed by atoms with Crippen molar-refractivity contribution in [3.8, 4) is 0 Å². The number of sulfonamides is 1. The molecule has 1 aromatic rings. The molecule has 0 fully saturated rings. The summed E-state index contributed by atoms with van der Waals surface area (Å²) in [5, 5.41) is 0. The molecule has 0 aliphatic carbocycles. The second kappa shape index (κ2) is 5.67. The monoisotopic (exact) mass is 257 g/mol. The Hall–Kier alpha value is -1.56. The molecule has 0 radical (unpaired) electrons. The van der Waals surface area contributed by atoms with Crippen molar-refractivity contribution < 1.29 is 17.9 Å². The topological polar surface area (TPSA) is 72.5 Å². The molecular weight excluding hydrogens is 242 g/mol. The van der Waals surface area contributed by atoms with Gasteiger partial charge in [0, 0.05) is 5.69 Å². The Bertz CT molecular complexity index is 479. The second-order valence-corrected chi connectivity index (χ2v) is 5.45. The van der Waals surface area contributed by atoms with Crippen LogP contribution in [-0.2, 0) is 19.6 Å². The molecule has 17 heavy (non-hydrogen) atoms. The van der Waals surface area contributed by atoms with Crippen molar-refractivity contribution >= 4 is 21.7 Å². The number of carbonyl (C=O) groups excluding carboxylic acids is 1. The van der Waals surface area contributed by atoms with E-state index in [2.05, 4.69) is 9.46 Å². The van der Waals surface area contributed by atoms with Crippen molar-refractivity contribution in [1.29, 1.82) is 0 Å². The molecule has 1 rings (SSSR count). The van der Waals surface area contributed by atoms with Crippen LogP contribution in [0.15, 0.2) is 24.3 Å². The van der Waals surface area contributed by atoms with Crippen molar-refractivity contribution in [1.82, 2.24) is 0 Å². The Labute approximate surface area is 101 Å². The van der Waals surface area contributed by atoms with Gasteiger partial charge in [-0.25, -0.2) is 8.42 Å². The number of rotatable bonds is 5. The van der Waals surface area contributed by atoms with Crippen LogP contribution < -0.4 is 4.72 Å². The summed E-state index contributed by atoms with van der Waals surface area (Å²) in [5.41, 5.74) is 1.53. The summed E-state index contributed by atoms with van der Waals surface area (Å²) in [4.78, 5) is 10.8. The zero-order chi connectivity index (χ0) is 12.9. The molecule has 1 aromatic carbocycles. The maximum atomic E-state index is 11.6. The van der Waals surface area contributed by atoms with Gasteiger partial charge in [-0.2, -0.15) is 0 Å². The van der Waals surface area contributed by atoms with E-state index in [1.54, 1.807) is 24.3 Å². The number of ether oxygens (including phenoxy) is 1. The smallest absolute Gasteiger partial charge is 0.306 e. The van der Waals surface area contributed by atoms with Gasteiger partial charge in [-0.1, -0.05) is 17.7 Å². The molecule has 94 valence electrons. The maximum absolute atomic E-state index is 11.6. The molecule has 0 atom stereocenters. The van der Waals surface area contributed by atoms with Crippen LogP contribution in [0.5, 0.6) is 0 Å². The van der Waals surface area contributed by atoms with E-state index in [0.717, 1.165) is 5.56 Å². The lowest BCUT2D eigenvalue weighted by atomic mass is 10.2. The van der Waals surface area contributed by atoms with Gasteiger partial charge >= 0.3 is 5.97 Å². The number of hydrogen-bond acceptors (Lipinski definition) is 4. The molecule has 0 saturated heterocycles. The lowest BCUT2D eigenvalue weighted by Gasteiger charge is -2.07. The highest BCUT2D eigenvalue weighted by Gasteiger charge is 2.13. The first-order valence-electron chi connectivity index (χ1n) is 5.07. The van der Waals surface area contributed by atoms with Crippen molar-refractivity contribution in [2.75, 3.05) is 17.6 Å². The van der Waals surface area contributed by atoms with Crippen LogP contribution in [0.3, 0.4) is 0 Å². The van der Waals surface area contributed by atoms with E-state index in [-0.39, 0.29) is 12.2 Å². The molecule has 0 spiro atoms. The number of anilines is 1. The van der Waals surface area contributed by atoms with Crippen LogP contribution in [-0.4, -0.2) is 27.2 Å². The van der Waals surface area contributed by atoms with Crippen LogP contribution in [0.1, 0.15) is 12.0 Å². The summed E-state index contributed by atoms with van der Waals surface area (Å²) in [7, 11) is -2.28. The molecule has 0 aliphatic heterocycles. The molecule has 0 bridgehead atoms. The minimum atomic E-state index is -3.50. The number of esters is 1. The van der Waals surface area contributed by atoms with E-state index in [4.69, 9.17) is 0 Å². The molecule has 5 nitrogen and oxygen atoms in total. The number of nitrogens with one attached hydrogen (secondary N) is 1. The van der Waals surface area contributed by atoms with E-state index in [0.29, 0.717) is 5.69 Å². The Morgan fingerprint density at radius 3 is 2.41 bits per heavy atom. The Morgan fingerprint density at radius 2 is 1.88 bits per heavy atom. The van der Waals surface area contributed by atoms with Crippen LogP contribution >= 0.6 is 0 Å². The number of carbonyl (C=O) groups is 1. The highest BCUT2D eigenvalue weighted by molar-refractivity contribution is 7.92. The fraction of sp³-hybridized carbons (Fsp3) is 0.364. The van der Waals surface area contributed by atoms with Crippen LogP contribution in [0.4, 0.5) is 5.69 Å². The fourth-order valence-corrected chi connectivity index (χ4v) is 2.20. The minimum Gasteiger partial charge on any atom is -0.469 e. The third kappa shape index (κ3) is 4.86. The zero-order valence-corrected chi connectivity index (χ0v) is 10.6. The van der Waals surface area contributed by atoms with Gasteiger partial charge in [0.1, 0.15) is 0 Å². The lowest BCUT2D eigenvalue weighted by Crippen LogP contribution is -2.19. The van der Waals surface area contributed by atoms with Gasteiger partial charge < -0.3 is 4.74 Å². The first-order valence-corrected chi connectivity index (χ1v) is 6.72. The summed E-state index contributed by atoms with van der Waals surface area (Å²) < 4.78 is 29.9. The van der Waals surface area contributed by atoms with Crippen molar-refractivity contribution in [3.05, 3.63) is 29.8 Å². The Morgan fingerprint density at radius 1 is 1.29 bits per heavy atom. The van der Waals surface area contributed by atoms with E-state index < -0.39 is 16.0 Å². The highest BCUT2D eigenvalue weighted by Crippen LogP contribution is 2.11. The summed E-state index contributed by atoms with van der Waals surface area (Å²) in [6, 6.07) is 6.95. The molecule has 0 aliphatic rings. The minimum absolute atomic E-state index is 0.155. The van der Waals surface area contributed by atoms with E-state index >= 15 is 0 Å². The number of benzene rings is 1. The molecule has 1 N–H and O–H groups in total. The van der Waals surface area contributed by atoms with Crippen LogP contribution in [0, 0.1) is 6.92 Å². The number of methoxy groups -OCH3 is 1. The van der Waals surface area contributed by atoms with Crippen molar-refractivity contribution in [3.63, 3.8) is 0 Å². The van der Waals surface area contributed by atoms with Crippen LogP contribution in [0.2, 0.25) is 0 Å². The predicted octanol–water partition coefficient (Wildman–Crippen LogP) is 1.30. The highest BCUT2D eigenvalue weighted by atomic mass is 32.2. The molecule has 6 heteroatoms. The van der Waals surface area contributed by atoms with E-state index in [9.17, 15) is 13.2 Å². The molecule has 0 heterocycles. The number of aryl methyl sites for hydroxylation is 1. The van der Waals surface area contributed by atoms with E-state index in [1.807, 2.05) is 6.92 Å². The molecule has 0 amide bonds. The Balaban J connectivity index is 2.60. The van der Waals surface area contributed by atoms with E-state index in [1.165, 1.54) is 7.11 Å². The average molecular weight is 257 g/mol. The molecule has 0 unspecified atom stereocenters. The third-order valence-corrected chi connectivity index (χ3v) is 3.42. The third-order valence-electron chi connectivity index (χ3n) is 2.13. The Kier molecular flexibility index (Phi) is 4.51. The van der Waals surface area contributed by atoms with Crippen molar-refractivity contribution in [2.45, 2.75) is 13.3 Å².